The van der Waals surface area contributed by atoms with Crippen molar-refractivity contribution in [2.24, 2.45) is 0 Å². The molecular formula is C26H22N8. The van der Waals surface area contributed by atoms with Crippen molar-refractivity contribution in [3.8, 4) is 11.1 Å². The fourth-order valence-corrected chi connectivity index (χ4v) is 4.24. The Morgan fingerprint density at radius 2 is 1.29 bits per heavy atom. The quantitative estimate of drug-likeness (QED) is 0.201. The van der Waals surface area contributed by atoms with E-state index in [4.69, 9.17) is 27.9 Å². The van der Waals surface area contributed by atoms with Crippen molar-refractivity contribution in [1.29, 1.82) is 0 Å². The van der Waals surface area contributed by atoms with Crippen molar-refractivity contribution in [2.45, 2.75) is 0 Å². The Morgan fingerprint density at radius 3 is 2.03 bits per heavy atom. The molecule has 0 unspecified atom stereocenters. The predicted octanol–water partition coefficient (Wildman–Crippen LogP) is 4.65. The van der Waals surface area contributed by atoms with Crippen LogP contribution < -0.4 is 22.9 Å². The molecule has 2 aliphatic heterocycles. The third kappa shape index (κ3) is 3.17. The monoisotopic (exact) mass is 446 g/mol. The fourth-order valence-electron chi connectivity index (χ4n) is 4.24. The number of aromatic nitrogens is 4. The van der Waals surface area contributed by atoms with Gasteiger partial charge in [0.2, 0.25) is 0 Å². The van der Waals surface area contributed by atoms with Crippen LogP contribution in [0.5, 0.6) is 0 Å². The van der Waals surface area contributed by atoms with Gasteiger partial charge in [0.05, 0.1) is 56.4 Å². The van der Waals surface area contributed by atoms with E-state index in [9.17, 15) is 0 Å². The lowest BCUT2D eigenvalue weighted by Gasteiger charge is -2.03. The second kappa shape index (κ2) is 7.28. The Kier molecular flexibility index (Phi) is 4.21. The van der Waals surface area contributed by atoms with Gasteiger partial charge in [0.15, 0.2) is 0 Å². The first-order valence-electron chi connectivity index (χ1n) is 10.8. The van der Waals surface area contributed by atoms with Gasteiger partial charge in [-0.1, -0.05) is 12.1 Å². The van der Waals surface area contributed by atoms with Gasteiger partial charge in [-0.25, -0.2) is 9.97 Å². The zero-order valence-electron chi connectivity index (χ0n) is 18.1. The van der Waals surface area contributed by atoms with Crippen molar-refractivity contribution in [3.63, 3.8) is 0 Å². The van der Waals surface area contributed by atoms with Crippen molar-refractivity contribution in [2.75, 3.05) is 22.9 Å². The van der Waals surface area contributed by atoms with E-state index in [0.29, 0.717) is 45.3 Å². The SMILES string of the molecule is Nc1cccc(-c2cc3cc4nc(c(N)c5ccc([nH]5)c(N)c5nc(c(N)c2[nH]3)C=C5)C=C4)c1. The normalized spacial score (nSPS) is 12.4. The molecule has 3 aromatic heterocycles. The summed E-state index contributed by atoms with van der Waals surface area (Å²) < 4.78 is 0. The van der Waals surface area contributed by atoms with Crippen LogP contribution in [-0.2, 0) is 0 Å². The Labute approximate surface area is 194 Å². The minimum atomic E-state index is 0.498. The van der Waals surface area contributed by atoms with E-state index in [1.807, 2.05) is 72.8 Å². The van der Waals surface area contributed by atoms with Crippen LogP contribution in [0.1, 0.15) is 22.8 Å². The number of nitrogens with two attached hydrogens (primary N) is 4. The zero-order valence-corrected chi connectivity index (χ0v) is 18.1. The van der Waals surface area contributed by atoms with Crippen LogP contribution in [0, 0.1) is 0 Å². The lowest BCUT2D eigenvalue weighted by atomic mass is 10.1. The average Bonchev–Trinajstić information content (AvgIpc) is 3.64. The minimum Gasteiger partial charge on any atom is -0.399 e. The van der Waals surface area contributed by atoms with E-state index in [1.54, 1.807) is 0 Å². The molecule has 166 valence electrons. The average molecular weight is 447 g/mol. The standard InChI is InChI=1S/C26H22N8/c27-14-3-1-2-13(10-14)17-12-16-11-15-4-5-18(31-15)23(28)19-6-7-20(33-19)24(29)21-8-9-22(34-21)25(30)26(17)32-16/h1-12,32-33H,27-30H2. The van der Waals surface area contributed by atoms with Crippen LogP contribution in [0.2, 0.25) is 0 Å². The summed E-state index contributed by atoms with van der Waals surface area (Å²) in [5.41, 5.74) is 35.3. The molecule has 1 aromatic carbocycles. The van der Waals surface area contributed by atoms with Gasteiger partial charge >= 0.3 is 0 Å². The van der Waals surface area contributed by atoms with Crippen LogP contribution in [-0.4, -0.2) is 19.9 Å². The lowest BCUT2D eigenvalue weighted by Crippen LogP contribution is -1.93. The highest BCUT2D eigenvalue weighted by Crippen LogP contribution is 2.33. The number of hydrogen-bond acceptors (Lipinski definition) is 6. The van der Waals surface area contributed by atoms with Gasteiger partial charge in [0.25, 0.3) is 0 Å². The lowest BCUT2D eigenvalue weighted by molar-refractivity contribution is 1.31. The molecule has 0 radical (unpaired) electrons. The minimum absolute atomic E-state index is 0.498. The molecule has 34 heavy (non-hydrogen) atoms. The van der Waals surface area contributed by atoms with Crippen molar-refractivity contribution >= 4 is 69.1 Å². The molecule has 0 spiro atoms. The van der Waals surface area contributed by atoms with Gasteiger partial charge < -0.3 is 32.9 Å². The van der Waals surface area contributed by atoms with Gasteiger partial charge in [-0.05, 0) is 66.3 Å². The number of aromatic amines is 2. The van der Waals surface area contributed by atoms with Crippen LogP contribution in [0.15, 0.2) is 48.5 Å². The van der Waals surface area contributed by atoms with Crippen molar-refractivity contribution in [1.82, 2.24) is 19.9 Å². The molecular weight excluding hydrogens is 424 g/mol. The van der Waals surface area contributed by atoms with E-state index in [0.717, 1.165) is 33.4 Å². The molecule has 0 saturated heterocycles. The summed E-state index contributed by atoms with van der Waals surface area (Å²) in [7, 11) is 0. The molecule has 2 aliphatic rings. The summed E-state index contributed by atoms with van der Waals surface area (Å²) in [6.45, 7) is 0. The molecule has 0 saturated carbocycles. The van der Waals surface area contributed by atoms with Crippen LogP contribution >= 0.6 is 0 Å². The Hall–Kier alpha value is -4.98. The van der Waals surface area contributed by atoms with E-state index < -0.39 is 0 Å². The first-order valence-corrected chi connectivity index (χ1v) is 10.8. The number of fused-ring (bicyclic) bond motifs is 8. The second-order valence-corrected chi connectivity index (χ2v) is 8.28. The molecule has 0 amide bonds. The molecule has 0 aliphatic carbocycles. The second-order valence-electron chi connectivity index (χ2n) is 8.28. The van der Waals surface area contributed by atoms with Gasteiger partial charge in [-0.3, -0.25) is 0 Å². The van der Waals surface area contributed by atoms with Gasteiger partial charge in [-0.2, -0.15) is 0 Å². The third-order valence-electron chi connectivity index (χ3n) is 6.00. The largest absolute Gasteiger partial charge is 0.399 e. The number of rotatable bonds is 1. The summed E-state index contributed by atoms with van der Waals surface area (Å²) in [6, 6.07) is 15.4. The number of nitrogen functional groups attached to an aromatic ring is 4. The molecule has 4 aromatic rings. The van der Waals surface area contributed by atoms with Crippen LogP contribution in [0.3, 0.4) is 0 Å². The predicted molar refractivity (Wildman–Crippen MR) is 142 cm³/mol. The zero-order chi connectivity index (χ0) is 23.4. The number of hydrogen-bond donors (Lipinski definition) is 6. The maximum absolute atomic E-state index is 6.65. The van der Waals surface area contributed by atoms with E-state index >= 15 is 0 Å². The van der Waals surface area contributed by atoms with Crippen molar-refractivity contribution in [3.05, 3.63) is 71.3 Å². The highest BCUT2D eigenvalue weighted by molar-refractivity contribution is 5.97. The highest BCUT2D eigenvalue weighted by Gasteiger charge is 2.13. The first-order chi connectivity index (χ1) is 16.5. The molecule has 8 heteroatoms. The van der Waals surface area contributed by atoms with Gasteiger partial charge in [0, 0.05) is 16.8 Å². The highest BCUT2D eigenvalue weighted by atomic mass is 14.8. The number of nitrogens with one attached hydrogen (secondary N) is 2. The number of benzene rings is 1. The topological polar surface area (TPSA) is 161 Å². The number of anilines is 4. The molecule has 8 nitrogen and oxygen atoms in total. The van der Waals surface area contributed by atoms with Gasteiger partial charge in [-0.15, -0.1) is 0 Å². The summed E-state index contributed by atoms with van der Waals surface area (Å²) in [6.07, 6.45) is 7.52. The fraction of sp³-hybridized carbons (Fsp3) is 0. The van der Waals surface area contributed by atoms with Crippen LogP contribution in [0.4, 0.5) is 22.7 Å². The Bertz CT molecular complexity index is 1700. The van der Waals surface area contributed by atoms with E-state index in [1.165, 1.54) is 0 Å². The summed E-state index contributed by atoms with van der Waals surface area (Å²) >= 11 is 0. The molecule has 10 N–H and O–H groups in total. The summed E-state index contributed by atoms with van der Waals surface area (Å²) in [5, 5.41) is 0. The maximum Gasteiger partial charge on any atom is 0.0889 e. The smallest absolute Gasteiger partial charge is 0.0889 e. The number of H-pyrrole nitrogens is 2. The summed E-state index contributed by atoms with van der Waals surface area (Å²) in [5.74, 6) is 0. The molecule has 6 rings (SSSR count). The maximum atomic E-state index is 6.65. The van der Waals surface area contributed by atoms with Crippen molar-refractivity contribution < 1.29 is 0 Å². The Morgan fingerprint density at radius 1 is 0.618 bits per heavy atom. The third-order valence-corrected chi connectivity index (χ3v) is 6.00. The number of nitrogens with zero attached hydrogens (tertiary/aromatic N) is 2. The molecule has 5 heterocycles. The Balaban J connectivity index is 1.76. The molecule has 0 fully saturated rings. The molecule has 8 bridgehead atoms. The summed E-state index contributed by atoms with van der Waals surface area (Å²) in [4.78, 5) is 16.1. The van der Waals surface area contributed by atoms with E-state index in [-0.39, 0.29) is 0 Å². The van der Waals surface area contributed by atoms with E-state index in [2.05, 4.69) is 15.0 Å². The van der Waals surface area contributed by atoms with Crippen LogP contribution in [0.25, 0.3) is 57.5 Å². The van der Waals surface area contributed by atoms with Gasteiger partial charge in [0.1, 0.15) is 0 Å². The molecule has 0 atom stereocenters. The first kappa shape index (κ1) is 19.7.